The van der Waals surface area contributed by atoms with Gasteiger partial charge in [-0.2, -0.15) is 13.2 Å². The molecule has 6 heteroatoms. The molecule has 0 spiro atoms. The Morgan fingerprint density at radius 1 is 1.43 bits per heavy atom. The first-order valence-electron chi connectivity index (χ1n) is 3.70. The van der Waals surface area contributed by atoms with Gasteiger partial charge in [-0.1, -0.05) is 0 Å². The summed E-state index contributed by atoms with van der Waals surface area (Å²) in [7, 11) is 0. The smallest absolute Gasteiger partial charge is 0.422 e. The predicted molar refractivity (Wildman–Crippen MR) is 40.5 cm³/mol. The maximum atomic E-state index is 12.5. The molecule has 0 aliphatic carbocycles. The van der Waals surface area contributed by atoms with Gasteiger partial charge in [-0.05, 0) is 6.92 Å². The Morgan fingerprint density at radius 3 is 2.64 bits per heavy atom. The summed E-state index contributed by atoms with van der Waals surface area (Å²) in [5, 5.41) is 0. The number of hydrogen-bond acceptors (Lipinski definition) is 2. The molecule has 2 nitrogen and oxygen atoms in total. The van der Waals surface area contributed by atoms with Crippen molar-refractivity contribution in [1.29, 1.82) is 0 Å². The van der Waals surface area contributed by atoms with Crippen molar-refractivity contribution < 1.29 is 22.3 Å². The molecule has 14 heavy (non-hydrogen) atoms. The molecule has 0 fully saturated rings. The van der Waals surface area contributed by atoms with E-state index in [0.717, 1.165) is 12.3 Å². The molecule has 0 atom stereocenters. The zero-order valence-corrected chi connectivity index (χ0v) is 7.23. The van der Waals surface area contributed by atoms with Crippen LogP contribution in [-0.4, -0.2) is 17.8 Å². The normalized spacial score (nSPS) is 11.5. The lowest BCUT2D eigenvalue weighted by Crippen LogP contribution is -2.19. The van der Waals surface area contributed by atoms with Gasteiger partial charge in [0.15, 0.2) is 6.61 Å². The minimum atomic E-state index is -4.43. The van der Waals surface area contributed by atoms with Gasteiger partial charge in [0.1, 0.15) is 11.6 Å². The van der Waals surface area contributed by atoms with Crippen LogP contribution in [0.3, 0.4) is 0 Å². The molecule has 0 aliphatic rings. The number of halogens is 4. The fourth-order valence-corrected chi connectivity index (χ4v) is 0.795. The van der Waals surface area contributed by atoms with E-state index in [0.29, 0.717) is 0 Å². The Morgan fingerprint density at radius 2 is 2.07 bits per heavy atom. The van der Waals surface area contributed by atoms with Crippen molar-refractivity contribution in [3.63, 3.8) is 0 Å². The lowest BCUT2D eigenvalue weighted by Gasteiger charge is -2.10. The number of pyridine rings is 1. The van der Waals surface area contributed by atoms with Crippen LogP contribution in [0.4, 0.5) is 17.6 Å². The summed E-state index contributed by atoms with van der Waals surface area (Å²) < 4.78 is 52.1. The number of nitrogens with zero attached hydrogens (tertiary/aromatic N) is 1. The second kappa shape index (κ2) is 3.81. The molecule has 0 radical (unpaired) electrons. The quantitative estimate of drug-likeness (QED) is 0.698. The summed E-state index contributed by atoms with van der Waals surface area (Å²) in [4.78, 5) is 3.51. The Balaban J connectivity index is 2.72. The third-order valence-corrected chi connectivity index (χ3v) is 1.40. The van der Waals surface area contributed by atoms with Crippen LogP contribution in [0.25, 0.3) is 0 Å². The molecule has 1 aromatic heterocycles. The lowest BCUT2D eigenvalue weighted by atomic mass is 10.3. The third-order valence-electron chi connectivity index (χ3n) is 1.40. The van der Waals surface area contributed by atoms with Gasteiger partial charge >= 0.3 is 6.18 Å². The molecular formula is C8H7F4NO. The van der Waals surface area contributed by atoms with Crippen LogP contribution in [0, 0.1) is 12.7 Å². The van der Waals surface area contributed by atoms with Crippen LogP contribution in [0.15, 0.2) is 12.3 Å². The summed E-state index contributed by atoms with van der Waals surface area (Å²) in [5.74, 6) is -0.921. The van der Waals surface area contributed by atoms with E-state index < -0.39 is 18.6 Å². The van der Waals surface area contributed by atoms with Crippen LogP contribution >= 0.6 is 0 Å². The minimum absolute atomic E-state index is 0.192. The summed E-state index contributed by atoms with van der Waals surface area (Å²) in [6.45, 7) is -0.00980. The van der Waals surface area contributed by atoms with E-state index >= 15 is 0 Å². The van der Waals surface area contributed by atoms with Gasteiger partial charge in [0.05, 0.1) is 11.9 Å². The van der Waals surface area contributed by atoms with Crippen molar-refractivity contribution in [3.8, 4) is 5.75 Å². The van der Waals surface area contributed by atoms with Gasteiger partial charge in [0, 0.05) is 6.07 Å². The van der Waals surface area contributed by atoms with Crippen molar-refractivity contribution in [2.45, 2.75) is 13.1 Å². The van der Waals surface area contributed by atoms with Crippen LogP contribution < -0.4 is 4.74 Å². The molecule has 0 N–H and O–H groups in total. The van der Waals surface area contributed by atoms with Crippen molar-refractivity contribution >= 4 is 0 Å². The predicted octanol–water partition coefficient (Wildman–Crippen LogP) is 2.47. The molecular weight excluding hydrogens is 202 g/mol. The van der Waals surface area contributed by atoms with Gasteiger partial charge in [-0.25, -0.2) is 4.39 Å². The first-order chi connectivity index (χ1) is 6.38. The number of hydrogen-bond donors (Lipinski definition) is 0. The standard InChI is InChI=1S/C8H7F4NO/c1-5-7(2-6(9)3-13-5)14-4-8(10,11)12/h2-3H,4H2,1H3. The molecule has 0 amide bonds. The van der Waals surface area contributed by atoms with Crippen LogP contribution in [0.2, 0.25) is 0 Å². The van der Waals surface area contributed by atoms with Crippen LogP contribution in [-0.2, 0) is 0 Å². The fraction of sp³-hybridized carbons (Fsp3) is 0.375. The van der Waals surface area contributed by atoms with Crippen molar-refractivity contribution in [3.05, 3.63) is 23.8 Å². The maximum Gasteiger partial charge on any atom is 0.422 e. The topological polar surface area (TPSA) is 22.1 Å². The Hall–Kier alpha value is -1.33. The monoisotopic (exact) mass is 209 g/mol. The molecule has 0 aliphatic heterocycles. The largest absolute Gasteiger partial charge is 0.482 e. The zero-order valence-electron chi connectivity index (χ0n) is 7.23. The molecule has 1 rings (SSSR count). The van der Waals surface area contributed by atoms with Gasteiger partial charge in [0.25, 0.3) is 0 Å². The van der Waals surface area contributed by atoms with Gasteiger partial charge in [-0.3, -0.25) is 4.98 Å². The second-order valence-corrected chi connectivity index (χ2v) is 2.64. The Bertz CT molecular complexity index is 324. The third kappa shape index (κ3) is 3.20. The molecule has 0 saturated carbocycles. The minimum Gasteiger partial charge on any atom is -0.482 e. The van der Waals surface area contributed by atoms with Crippen LogP contribution in [0.5, 0.6) is 5.75 Å². The SMILES string of the molecule is Cc1ncc(F)cc1OCC(F)(F)F. The van der Waals surface area contributed by atoms with E-state index in [1.165, 1.54) is 6.92 Å². The van der Waals surface area contributed by atoms with Gasteiger partial charge < -0.3 is 4.74 Å². The summed E-state index contributed by atoms with van der Waals surface area (Å²) in [6.07, 6.45) is -3.52. The van der Waals surface area contributed by atoms with E-state index in [9.17, 15) is 17.6 Å². The fourth-order valence-electron chi connectivity index (χ4n) is 0.795. The van der Waals surface area contributed by atoms with Crippen LogP contribution in [0.1, 0.15) is 5.69 Å². The number of aromatic nitrogens is 1. The molecule has 0 bridgehead atoms. The highest BCUT2D eigenvalue weighted by Gasteiger charge is 2.28. The second-order valence-electron chi connectivity index (χ2n) is 2.64. The van der Waals surface area contributed by atoms with Gasteiger partial charge in [0.2, 0.25) is 0 Å². The Kier molecular flexibility index (Phi) is 2.93. The van der Waals surface area contributed by atoms with Gasteiger partial charge in [-0.15, -0.1) is 0 Å². The summed E-state index contributed by atoms with van der Waals surface area (Å²) in [5.41, 5.74) is 0.218. The summed E-state index contributed by atoms with van der Waals surface area (Å²) in [6, 6.07) is 0.869. The lowest BCUT2D eigenvalue weighted by molar-refractivity contribution is -0.153. The highest BCUT2D eigenvalue weighted by Crippen LogP contribution is 2.20. The zero-order chi connectivity index (χ0) is 10.8. The van der Waals surface area contributed by atoms with E-state index in [-0.39, 0.29) is 11.4 Å². The first kappa shape index (κ1) is 10.7. The summed E-state index contributed by atoms with van der Waals surface area (Å²) >= 11 is 0. The molecule has 1 heterocycles. The number of alkyl halides is 3. The van der Waals surface area contributed by atoms with Crippen molar-refractivity contribution in [2.24, 2.45) is 0 Å². The highest BCUT2D eigenvalue weighted by atomic mass is 19.4. The molecule has 1 aromatic rings. The molecule has 0 saturated heterocycles. The number of ether oxygens (including phenoxy) is 1. The van der Waals surface area contributed by atoms with E-state index in [1.54, 1.807) is 0 Å². The molecule has 0 aromatic carbocycles. The van der Waals surface area contributed by atoms with E-state index in [2.05, 4.69) is 9.72 Å². The number of aryl methyl sites for hydroxylation is 1. The average molecular weight is 209 g/mol. The van der Waals surface area contributed by atoms with Crippen molar-refractivity contribution in [2.75, 3.05) is 6.61 Å². The first-order valence-corrected chi connectivity index (χ1v) is 3.70. The molecule has 78 valence electrons. The van der Waals surface area contributed by atoms with E-state index in [1.807, 2.05) is 0 Å². The Labute approximate surface area is 77.5 Å². The van der Waals surface area contributed by atoms with Crippen molar-refractivity contribution in [1.82, 2.24) is 4.98 Å². The molecule has 0 unspecified atom stereocenters. The highest BCUT2D eigenvalue weighted by molar-refractivity contribution is 5.26. The van der Waals surface area contributed by atoms with E-state index in [4.69, 9.17) is 0 Å². The average Bonchev–Trinajstić information content (AvgIpc) is 2.05. The number of rotatable bonds is 2. The maximum absolute atomic E-state index is 12.5.